The summed E-state index contributed by atoms with van der Waals surface area (Å²) in [6.07, 6.45) is 3.84. The van der Waals surface area contributed by atoms with Gasteiger partial charge in [0.25, 0.3) is 5.91 Å². The fourth-order valence-corrected chi connectivity index (χ4v) is 4.44. The van der Waals surface area contributed by atoms with Gasteiger partial charge < -0.3 is 24.3 Å². The normalized spacial score (nSPS) is 15.8. The van der Waals surface area contributed by atoms with Crippen LogP contribution in [0.15, 0.2) is 55.0 Å². The number of carbonyl (C=O) groups is 1. The first kappa shape index (κ1) is 18.3. The lowest BCUT2D eigenvalue weighted by atomic mass is 9.91. The van der Waals surface area contributed by atoms with Crippen LogP contribution in [0.1, 0.15) is 33.4 Å². The maximum absolute atomic E-state index is 13.4. The Morgan fingerprint density at radius 1 is 1.13 bits per heavy atom. The number of amides is 1. The Labute approximate surface area is 173 Å². The van der Waals surface area contributed by atoms with Crippen LogP contribution in [0.3, 0.4) is 0 Å². The van der Waals surface area contributed by atoms with E-state index in [-0.39, 0.29) is 11.9 Å². The fourth-order valence-electron chi connectivity index (χ4n) is 4.44. The van der Waals surface area contributed by atoms with Crippen molar-refractivity contribution in [3.05, 3.63) is 77.5 Å². The van der Waals surface area contributed by atoms with Gasteiger partial charge in [-0.25, -0.2) is 4.98 Å². The first-order chi connectivity index (χ1) is 14.7. The van der Waals surface area contributed by atoms with E-state index < -0.39 is 0 Å². The second-order valence-electron chi connectivity index (χ2n) is 7.26. The summed E-state index contributed by atoms with van der Waals surface area (Å²) in [5, 5.41) is 1.19. The van der Waals surface area contributed by atoms with E-state index >= 15 is 0 Å². The Morgan fingerprint density at radius 3 is 2.77 bits per heavy atom. The number of H-pyrrole nitrogens is 2. The highest BCUT2D eigenvalue weighted by Gasteiger charge is 2.37. The third kappa shape index (κ3) is 2.74. The molecule has 0 saturated heterocycles. The standard InChI is InChI=1S/C23H22N4O3/c1-29-19-9-5-7-16(22(19)30-2)21-20-15(14-6-3-4-8-17(14)26-20)10-11-27(21)23(28)18-12-24-13-25-18/h3-9,12-13,21,26H,10-11H2,1-2H3,(H,24,25)/t21-/m1/s1. The Balaban J connectivity index is 1.73. The minimum atomic E-state index is -0.345. The highest BCUT2D eigenvalue weighted by atomic mass is 16.5. The molecule has 30 heavy (non-hydrogen) atoms. The molecule has 1 aliphatic heterocycles. The van der Waals surface area contributed by atoms with Gasteiger partial charge in [0, 0.05) is 28.7 Å². The van der Waals surface area contributed by atoms with Crippen LogP contribution < -0.4 is 9.47 Å². The maximum atomic E-state index is 13.4. The van der Waals surface area contributed by atoms with E-state index in [9.17, 15) is 4.79 Å². The van der Waals surface area contributed by atoms with Crippen molar-refractivity contribution in [1.82, 2.24) is 19.9 Å². The number of aromatic amines is 2. The van der Waals surface area contributed by atoms with Crippen LogP contribution >= 0.6 is 0 Å². The Morgan fingerprint density at radius 2 is 2.00 bits per heavy atom. The number of imidazole rings is 1. The second kappa shape index (κ2) is 7.26. The molecule has 1 amide bonds. The first-order valence-corrected chi connectivity index (χ1v) is 9.82. The molecule has 5 rings (SSSR count). The number of aromatic nitrogens is 3. The van der Waals surface area contributed by atoms with Crippen molar-refractivity contribution in [2.24, 2.45) is 0 Å². The van der Waals surface area contributed by atoms with Crippen molar-refractivity contribution >= 4 is 16.8 Å². The van der Waals surface area contributed by atoms with E-state index in [1.807, 2.05) is 35.2 Å². The monoisotopic (exact) mass is 402 g/mol. The van der Waals surface area contributed by atoms with Crippen LogP contribution in [0.5, 0.6) is 11.5 Å². The van der Waals surface area contributed by atoms with Crippen LogP contribution in [0.25, 0.3) is 10.9 Å². The van der Waals surface area contributed by atoms with E-state index in [0.717, 1.165) is 23.2 Å². The molecular formula is C23H22N4O3. The van der Waals surface area contributed by atoms with Gasteiger partial charge in [-0.3, -0.25) is 4.79 Å². The number of ether oxygens (including phenoxy) is 2. The summed E-state index contributed by atoms with van der Waals surface area (Å²) in [7, 11) is 3.24. The smallest absolute Gasteiger partial charge is 0.272 e. The predicted molar refractivity (Wildman–Crippen MR) is 113 cm³/mol. The van der Waals surface area contributed by atoms with E-state index in [0.29, 0.717) is 23.7 Å². The SMILES string of the molecule is COc1cccc([C@@H]2c3[nH]c4ccccc4c3CCN2C(=O)c2cnc[nH]2)c1OC. The lowest BCUT2D eigenvalue weighted by molar-refractivity contribution is 0.0684. The van der Waals surface area contributed by atoms with Gasteiger partial charge in [-0.2, -0.15) is 0 Å². The minimum absolute atomic E-state index is 0.105. The molecule has 3 heterocycles. The Hall–Kier alpha value is -3.74. The van der Waals surface area contributed by atoms with Gasteiger partial charge in [-0.1, -0.05) is 30.3 Å². The van der Waals surface area contributed by atoms with E-state index in [1.54, 1.807) is 20.4 Å². The van der Waals surface area contributed by atoms with Gasteiger partial charge in [0.2, 0.25) is 0 Å². The predicted octanol–water partition coefficient (Wildman–Crippen LogP) is 3.70. The van der Waals surface area contributed by atoms with Crippen molar-refractivity contribution in [2.75, 3.05) is 20.8 Å². The van der Waals surface area contributed by atoms with Crippen LogP contribution in [-0.4, -0.2) is 46.5 Å². The molecule has 0 aliphatic carbocycles. The van der Waals surface area contributed by atoms with Crippen LogP contribution in [0, 0.1) is 0 Å². The molecule has 0 bridgehead atoms. The molecule has 1 atom stereocenters. The first-order valence-electron chi connectivity index (χ1n) is 9.82. The largest absolute Gasteiger partial charge is 0.493 e. The summed E-state index contributed by atoms with van der Waals surface area (Å²) in [4.78, 5) is 25.8. The molecule has 7 nitrogen and oxygen atoms in total. The quantitative estimate of drug-likeness (QED) is 0.545. The molecule has 2 aromatic carbocycles. The van der Waals surface area contributed by atoms with Gasteiger partial charge in [0.05, 0.1) is 26.7 Å². The lowest BCUT2D eigenvalue weighted by Gasteiger charge is -2.36. The number of rotatable bonds is 4. The molecular weight excluding hydrogens is 380 g/mol. The molecule has 0 spiro atoms. The molecule has 152 valence electrons. The molecule has 0 saturated carbocycles. The summed E-state index contributed by atoms with van der Waals surface area (Å²) in [6.45, 7) is 0.581. The van der Waals surface area contributed by atoms with Gasteiger partial charge in [-0.15, -0.1) is 0 Å². The van der Waals surface area contributed by atoms with Crippen LogP contribution in [-0.2, 0) is 6.42 Å². The number of hydrogen-bond donors (Lipinski definition) is 2. The van der Waals surface area contributed by atoms with Gasteiger partial charge in [-0.05, 0) is 24.1 Å². The van der Waals surface area contributed by atoms with E-state index in [2.05, 4.69) is 27.1 Å². The second-order valence-corrected chi connectivity index (χ2v) is 7.26. The number of hydrogen-bond acceptors (Lipinski definition) is 4. The summed E-state index contributed by atoms with van der Waals surface area (Å²) >= 11 is 0. The minimum Gasteiger partial charge on any atom is -0.493 e. The Bertz CT molecular complexity index is 1210. The van der Waals surface area contributed by atoms with Crippen molar-refractivity contribution in [3.8, 4) is 11.5 Å². The zero-order valence-electron chi connectivity index (χ0n) is 16.8. The van der Waals surface area contributed by atoms with E-state index in [1.165, 1.54) is 17.3 Å². The molecule has 2 N–H and O–H groups in total. The zero-order chi connectivity index (χ0) is 20.7. The third-order valence-electron chi connectivity index (χ3n) is 5.75. The summed E-state index contributed by atoms with van der Waals surface area (Å²) in [6, 6.07) is 13.7. The van der Waals surface area contributed by atoms with Crippen molar-refractivity contribution in [1.29, 1.82) is 0 Å². The third-order valence-corrected chi connectivity index (χ3v) is 5.75. The highest BCUT2D eigenvalue weighted by Crippen LogP contribution is 2.44. The number of para-hydroxylation sites is 2. The van der Waals surface area contributed by atoms with Crippen molar-refractivity contribution < 1.29 is 14.3 Å². The highest BCUT2D eigenvalue weighted by molar-refractivity contribution is 5.94. The molecule has 2 aromatic heterocycles. The molecule has 1 aliphatic rings. The van der Waals surface area contributed by atoms with Crippen molar-refractivity contribution in [2.45, 2.75) is 12.5 Å². The average molecular weight is 402 g/mol. The van der Waals surface area contributed by atoms with Gasteiger partial charge in [0.1, 0.15) is 11.7 Å². The number of nitrogens with one attached hydrogen (secondary N) is 2. The number of fused-ring (bicyclic) bond motifs is 3. The van der Waals surface area contributed by atoms with Gasteiger partial charge in [0.15, 0.2) is 11.5 Å². The Kier molecular flexibility index (Phi) is 4.43. The molecule has 4 aromatic rings. The summed E-state index contributed by atoms with van der Waals surface area (Å²) < 4.78 is 11.3. The maximum Gasteiger partial charge on any atom is 0.272 e. The molecule has 0 fully saturated rings. The molecule has 0 radical (unpaired) electrons. The number of carbonyl (C=O) groups excluding carboxylic acids is 1. The van der Waals surface area contributed by atoms with Gasteiger partial charge >= 0.3 is 0 Å². The molecule has 7 heteroatoms. The number of nitrogens with zero attached hydrogens (tertiary/aromatic N) is 2. The average Bonchev–Trinajstić information content (AvgIpc) is 3.45. The zero-order valence-corrected chi connectivity index (χ0v) is 16.8. The topological polar surface area (TPSA) is 83.2 Å². The summed E-state index contributed by atoms with van der Waals surface area (Å²) in [5.74, 6) is 1.15. The summed E-state index contributed by atoms with van der Waals surface area (Å²) in [5.41, 5.74) is 4.62. The van der Waals surface area contributed by atoms with Crippen LogP contribution in [0.4, 0.5) is 0 Å². The molecule has 0 unspecified atom stereocenters. The lowest BCUT2D eigenvalue weighted by Crippen LogP contribution is -2.41. The number of methoxy groups -OCH3 is 2. The van der Waals surface area contributed by atoms with Crippen molar-refractivity contribution in [3.63, 3.8) is 0 Å². The van der Waals surface area contributed by atoms with E-state index in [4.69, 9.17) is 9.47 Å². The number of benzene rings is 2. The van der Waals surface area contributed by atoms with Crippen LogP contribution in [0.2, 0.25) is 0 Å². The fraction of sp³-hybridized carbons (Fsp3) is 0.217.